The molecule has 0 aliphatic carbocycles. The fourth-order valence-electron chi connectivity index (χ4n) is 1.25. The van der Waals surface area contributed by atoms with Crippen LogP contribution in [0.25, 0.3) is 0 Å². The molecule has 1 saturated heterocycles. The van der Waals surface area contributed by atoms with Crippen molar-refractivity contribution in [2.24, 2.45) is 0 Å². The van der Waals surface area contributed by atoms with Crippen LogP contribution in [0.2, 0.25) is 0 Å². The molecule has 0 radical (unpaired) electrons. The highest BCUT2D eigenvalue weighted by molar-refractivity contribution is 8.77. The molecule has 0 aromatic heterocycles. The minimum Gasteiger partial charge on any atom is -0.348 e. The van der Waals surface area contributed by atoms with Gasteiger partial charge in [-0.2, -0.15) is 0 Å². The molecule has 1 amide bonds. The third kappa shape index (κ3) is 2.45. The van der Waals surface area contributed by atoms with E-state index in [9.17, 15) is 4.79 Å². The maximum Gasteiger partial charge on any atom is 0.251 e. The van der Waals surface area contributed by atoms with E-state index >= 15 is 0 Å². The van der Waals surface area contributed by atoms with Crippen molar-refractivity contribution >= 4 is 27.5 Å². The van der Waals surface area contributed by atoms with Gasteiger partial charge in [0, 0.05) is 23.1 Å². The van der Waals surface area contributed by atoms with Gasteiger partial charge in [0.1, 0.15) is 0 Å². The predicted octanol–water partition coefficient (Wildman–Crippen LogP) is 2.18. The van der Waals surface area contributed by atoms with Gasteiger partial charge in [-0.25, -0.2) is 0 Å². The van der Waals surface area contributed by atoms with Gasteiger partial charge in [0.15, 0.2) is 0 Å². The van der Waals surface area contributed by atoms with Crippen molar-refractivity contribution in [1.82, 2.24) is 5.32 Å². The van der Waals surface area contributed by atoms with Crippen molar-refractivity contribution in [3.05, 3.63) is 35.9 Å². The third-order valence-corrected chi connectivity index (χ3v) is 4.55. The summed E-state index contributed by atoms with van der Waals surface area (Å²) in [7, 11) is 3.64. The van der Waals surface area contributed by atoms with Gasteiger partial charge >= 0.3 is 0 Å². The first kappa shape index (κ1) is 9.93. The quantitative estimate of drug-likeness (QED) is 0.782. The second-order valence-electron chi connectivity index (χ2n) is 3.11. The van der Waals surface area contributed by atoms with Gasteiger partial charge in [0.25, 0.3) is 5.91 Å². The van der Waals surface area contributed by atoms with Crippen LogP contribution in [0, 0.1) is 0 Å². The Hall–Kier alpha value is -0.610. The van der Waals surface area contributed by atoms with E-state index in [1.165, 1.54) is 0 Å². The monoisotopic (exact) mass is 225 g/mol. The van der Waals surface area contributed by atoms with Gasteiger partial charge in [-0.3, -0.25) is 4.79 Å². The molecule has 1 aromatic carbocycles. The lowest BCUT2D eigenvalue weighted by atomic mass is 10.2. The molecular formula is C10H11NOS2. The summed E-state index contributed by atoms with van der Waals surface area (Å²) in [6, 6.07) is 9.69. The Morgan fingerprint density at radius 2 is 1.86 bits per heavy atom. The molecular weight excluding hydrogens is 214 g/mol. The normalized spacial score (nSPS) is 16.9. The molecule has 1 heterocycles. The molecule has 1 N–H and O–H groups in total. The lowest BCUT2D eigenvalue weighted by molar-refractivity contribution is 0.0944. The first-order chi connectivity index (χ1) is 6.86. The Morgan fingerprint density at radius 1 is 1.21 bits per heavy atom. The predicted molar refractivity (Wildman–Crippen MR) is 62.6 cm³/mol. The van der Waals surface area contributed by atoms with Crippen molar-refractivity contribution in [2.75, 3.05) is 11.5 Å². The molecule has 0 unspecified atom stereocenters. The van der Waals surface area contributed by atoms with Crippen molar-refractivity contribution in [1.29, 1.82) is 0 Å². The molecule has 0 saturated carbocycles. The zero-order valence-electron chi connectivity index (χ0n) is 7.60. The van der Waals surface area contributed by atoms with Crippen LogP contribution in [0.1, 0.15) is 10.4 Å². The second kappa shape index (κ2) is 4.75. The van der Waals surface area contributed by atoms with E-state index < -0.39 is 0 Å². The summed E-state index contributed by atoms with van der Waals surface area (Å²) in [6.07, 6.45) is 0. The van der Waals surface area contributed by atoms with E-state index in [0.717, 1.165) is 17.1 Å². The molecule has 74 valence electrons. The molecule has 1 aromatic rings. The summed E-state index contributed by atoms with van der Waals surface area (Å²) in [5.74, 6) is 2.07. The topological polar surface area (TPSA) is 29.1 Å². The Kier molecular flexibility index (Phi) is 3.37. The van der Waals surface area contributed by atoms with E-state index in [0.29, 0.717) is 6.04 Å². The van der Waals surface area contributed by atoms with Crippen LogP contribution in [-0.2, 0) is 0 Å². The summed E-state index contributed by atoms with van der Waals surface area (Å²) in [4.78, 5) is 11.7. The first-order valence-electron chi connectivity index (χ1n) is 4.46. The highest BCUT2D eigenvalue weighted by Gasteiger charge is 2.18. The highest BCUT2D eigenvalue weighted by Crippen LogP contribution is 2.30. The van der Waals surface area contributed by atoms with Gasteiger partial charge < -0.3 is 5.32 Å². The first-order valence-corrected chi connectivity index (χ1v) is 6.95. The van der Waals surface area contributed by atoms with E-state index in [4.69, 9.17) is 0 Å². The highest BCUT2D eigenvalue weighted by atomic mass is 33.1. The number of rotatable bonds is 2. The Balaban J connectivity index is 1.95. The number of benzene rings is 1. The number of hydrogen-bond acceptors (Lipinski definition) is 3. The zero-order valence-corrected chi connectivity index (χ0v) is 9.24. The van der Waals surface area contributed by atoms with Crippen molar-refractivity contribution in [3.63, 3.8) is 0 Å². The molecule has 1 fully saturated rings. The average molecular weight is 225 g/mol. The maximum atomic E-state index is 11.7. The number of carbonyl (C=O) groups excluding carboxylic acids is 1. The molecule has 4 heteroatoms. The molecule has 14 heavy (non-hydrogen) atoms. The van der Waals surface area contributed by atoms with Gasteiger partial charge in [-0.15, -0.1) is 0 Å². The zero-order chi connectivity index (χ0) is 9.80. The van der Waals surface area contributed by atoms with E-state index in [1.54, 1.807) is 0 Å². The standard InChI is InChI=1S/C10H11NOS2/c12-10(8-4-2-1-3-5-8)11-9-6-13-14-7-9/h1-5,9H,6-7H2,(H,11,12). The molecule has 2 rings (SSSR count). The van der Waals surface area contributed by atoms with Crippen LogP contribution < -0.4 is 5.32 Å². The van der Waals surface area contributed by atoms with E-state index in [-0.39, 0.29) is 5.91 Å². The molecule has 2 nitrogen and oxygen atoms in total. The summed E-state index contributed by atoms with van der Waals surface area (Å²) in [5, 5.41) is 3.01. The molecule has 1 aliphatic heterocycles. The van der Waals surface area contributed by atoms with Crippen LogP contribution in [0.4, 0.5) is 0 Å². The van der Waals surface area contributed by atoms with Crippen LogP contribution in [0.15, 0.2) is 30.3 Å². The van der Waals surface area contributed by atoms with Crippen molar-refractivity contribution in [2.45, 2.75) is 6.04 Å². The number of amides is 1. The summed E-state index contributed by atoms with van der Waals surface area (Å²) < 4.78 is 0. The summed E-state index contributed by atoms with van der Waals surface area (Å²) >= 11 is 0. The van der Waals surface area contributed by atoms with Gasteiger partial charge in [0.05, 0.1) is 0 Å². The molecule has 0 atom stereocenters. The van der Waals surface area contributed by atoms with Crippen LogP contribution >= 0.6 is 21.6 Å². The Labute approximate surface area is 91.2 Å². The van der Waals surface area contributed by atoms with Gasteiger partial charge in [0.2, 0.25) is 0 Å². The van der Waals surface area contributed by atoms with Crippen LogP contribution in [-0.4, -0.2) is 23.5 Å². The fraction of sp³-hybridized carbons (Fsp3) is 0.300. The number of nitrogens with one attached hydrogen (secondary N) is 1. The minimum absolute atomic E-state index is 0.0405. The number of carbonyl (C=O) groups is 1. The molecule has 0 spiro atoms. The largest absolute Gasteiger partial charge is 0.348 e. The van der Waals surface area contributed by atoms with Gasteiger partial charge in [-0.1, -0.05) is 39.8 Å². The SMILES string of the molecule is O=C(NC1CSSC1)c1ccccc1. The summed E-state index contributed by atoms with van der Waals surface area (Å²) in [5.41, 5.74) is 0.745. The van der Waals surface area contributed by atoms with Crippen molar-refractivity contribution in [3.8, 4) is 0 Å². The third-order valence-electron chi connectivity index (χ3n) is 1.99. The smallest absolute Gasteiger partial charge is 0.251 e. The lowest BCUT2D eigenvalue weighted by Gasteiger charge is -2.09. The second-order valence-corrected chi connectivity index (χ2v) is 5.66. The number of hydrogen-bond donors (Lipinski definition) is 1. The van der Waals surface area contributed by atoms with Gasteiger partial charge in [-0.05, 0) is 12.1 Å². The van der Waals surface area contributed by atoms with E-state index in [1.807, 2.05) is 51.9 Å². The van der Waals surface area contributed by atoms with Crippen LogP contribution in [0.3, 0.4) is 0 Å². The Bertz CT molecular complexity index is 309. The summed E-state index contributed by atoms with van der Waals surface area (Å²) in [6.45, 7) is 0. The minimum atomic E-state index is 0.0405. The maximum absolute atomic E-state index is 11.7. The molecule has 1 aliphatic rings. The fourth-order valence-corrected chi connectivity index (χ4v) is 3.89. The Morgan fingerprint density at radius 3 is 2.50 bits per heavy atom. The average Bonchev–Trinajstić information content (AvgIpc) is 2.72. The molecule has 0 bridgehead atoms. The van der Waals surface area contributed by atoms with E-state index in [2.05, 4.69) is 5.32 Å². The van der Waals surface area contributed by atoms with Crippen molar-refractivity contribution < 1.29 is 4.79 Å². The lowest BCUT2D eigenvalue weighted by Crippen LogP contribution is -2.36. The van der Waals surface area contributed by atoms with Crippen LogP contribution in [0.5, 0.6) is 0 Å².